The summed E-state index contributed by atoms with van der Waals surface area (Å²) in [6.07, 6.45) is 0.199. The average molecular weight is 595 g/mol. The van der Waals surface area contributed by atoms with Crippen LogP contribution in [0, 0.1) is 5.92 Å². The Labute approximate surface area is 239 Å². The molecule has 2 unspecified atom stereocenters. The number of benzene rings is 1. The molecule has 3 rings (SSSR count). The van der Waals surface area contributed by atoms with Gasteiger partial charge in [-0.3, -0.25) is 24.2 Å². The first kappa shape index (κ1) is 32.7. The van der Waals surface area contributed by atoms with Crippen LogP contribution in [0.25, 0.3) is 0 Å². The van der Waals surface area contributed by atoms with E-state index in [9.17, 15) is 29.1 Å². The fourth-order valence-corrected chi connectivity index (χ4v) is 3.79. The van der Waals surface area contributed by atoms with Crippen molar-refractivity contribution in [2.75, 3.05) is 40.5 Å². The van der Waals surface area contributed by atoms with E-state index < -0.39 is 41.8 Å². The lowest BCUT2D eigenvalue weighted by atomic mass is 10.0. The Morgan fingerprint density at radius 1 is 1.12 bits per heavy atom. The predicted octanol–water partition coefficient (Wildman–Crippen LogP) is -0.318. The number of carbonyl (C=O) groups excluding carboxylic acids is 1. The van der Waals surface area contributed by atoms with Gasteiger partial charge in [-0.1, -0.05) is 6.92 Å². The second-order valence-corrected chi connectivity index (χ2v) is 9.60. The van der Waals surface area contributed by atoms with Gasteiger partial charge < -0.3 is 48.1 Å². The molecule has 1 aromatic heterocycles. The third kappa shape index (κ3) is 10.2. The number of aromatic nitrogens is 2. The molecule has 0 radical (unpaired) electrons. The van der Waals surface area contributed by atoms with Crippen LogP contribution < -0.4 is 38.3 Å². The first-order chi connectivity index (χ1) is 19.3. The summed E-state index contributed by atoms with van der Waals surface area (Å²) in [5, 5.41) is 38.1. The van der Waals surface area contributed by atoms with Gasteiger partial charge in [-0.15, -0.1) is 0 Å². The number of nitrogens with zero attached hydrogens (tertiary/aromatic N) is 1. The molecule has 1 amide bonds. The van der Waals surface area contributed by atoms with Gasteiger partial charge in [0.05, 0.1) is 12.0 Å². The summed E-state index contributed by atoms with van der Waals surface area (Å²) < 4.78 is 0. The Balaban J connectivity index is 0.000000642. The maximum atomic E-state index is 12.4. The van der Waals surface area contributed by atoms with Crippen LogP contribution in [0.15, 0.2) is 29.1 Å². The Bertz CT molecular complexity index is 1290. The van der Waals surface area contributed by atoms with Crippen molar-refractivity contribution in [3.8, 4) is 0 Å². The standard InChI is InChI=1S/C20H25N7O6.C4H9NO2S/c1-9(18(30)31)6-13(19(32)33)25-16(28)10-2-4-11(5-3-10)22-7-12-8-23-15-14(24-12)17(29)27-20(21)26-15;5-3(1-2-8)4(6)7/h2-5,9,12-13,22,24H,6-8H2,1H3,(H,25,28)(H,30,31)(H,32,33)(H4,21,23,26,27,29);3,8H,1-2,5H2,(H,6,7)/t9?,12?,13-;3-/m00/s1. The largest absolute Gasteiger partial charge is 0.481 e. The molecular formula is C24H34N8O8S. The minimum Gasteiger partial charge on any atom is -0.481 e. The van der Waals surface area contributed by atoms with Gasteiger partial charge in [0.2, 0.25) is 5.95 Å². The number of amides is 1. The van der Waals surface area contributed by atoms with E-state index in [1.807, 2.05) is 0 Å². The molecule has 0 saturated heterocycles. The number of aromatic amines is 1. The number of nitrogens with two attached hydrogens (primary N) is 2. The highest BCUT2D eigenvalue weighted by atomic mass is 32.1. The van der Waals surface area contributed by atoms with Crippen LogP contribution in [0.1, 0.15) is 30.1 Å². The average Bonchev–Trinajstić information content (AvgIpc) is 2.92. The van der Waals surface area contributed by atoms with Crippen molar-refractivity contribution in [1.82, 2.24) is 15.3 Å². The van der Waals surface area contributed by atoms with Crippen molar-refractivity contribution in [2.45, 2.75) is 37.9 Å². The Morgan fingerprint density at radius 3 is 2.32 bits per heavy atom. The number of carboxylic acids is 3. The van der Waals surface area contributed by atoms with E-state index in [1.165, 1.54) is 19.1 Å². The minimum absolute atomic E-state index is 0.0276. The van der Waals surface area contributed by atoms with Crippen LogP contribution in [-0.4, -0.2) is 86.1 Å². The first-order valence-corrected chi connectivity index (χ1v) is 13.0. The second kappa shape index (κ2) is 15.3. The number of anilines is 4. The lowest BCUT2D eigenvalue weighted by Gasteiger charge is -2.27. The molecule has 16 nitrogen and oxygen atoms in total. The fraction of sp³-hybridized carbons (Fsp3) is 0.417. The van der Waals surface area contributed by atoms with E-state index in [-0.39, 0.29) is 29.5 Å². The number of hydrogen-bond donors (Lipinski definition) is 11. The molecule has 1 aliphatic rings. The molecule has 0 bridgehead atoms. The zero-order valence-electron chi connectivity index (χ0n) is 22.1. The van der Waals surface area contributed by atoms with Crippen molar-refractivity contribution < 1.29 is 34.5 Å². The van der Waals surface area contributed by atoms with Gasteiger partial charge in [0.1, 0.15) is 17.8 Å². The van der Waals surface area contributed by atoms with E-state index in [2.05, 4.69) is 43.9 Å². The quantitative estimate of drug-likeness (QED) is 0.141. The second-order valence-electron chi connectivity index (χ2n) is 9.15. The number of carboxylic acid groups (broad SMARTS) is 3. The molecule has 0 saturated carbocycles. The maximum absolute atomic E-state index is 12.4. The van der Waals surface area contributed by atoms with Crippen LogP contribution in [0.5, 0.6) is 0 Å². The molecule has 12 N–H and O–H groups in total. The van der Waals surface area contributed by atoms with E-state index in [4.69, 9.17) is 21.7 Å². The Kier molecular flexibility index (Phi) is 12.2. The zero-order chi connectivity index (χ0) is 30.7. The summed E-state index contributed by atoms with van der Waals surface area (Å²) in [6, 6.07) is 4.18. The number of fused-ring (bicyclic) bond motifs is 1. The number of hydrogen-bond acceptors (Lipinski definition) is 12. The van der Waals surface area contributed by atoms with Gasteiger partial charge in [0, 0.05) is 24.3 Å². The molecule has 41 heavy (non-hydrogen) atoms. The molecular weight excluding hydrogens is 560 g/mol. The summed E-state index contributed by atoms with van der Waals surface area (Å²) >= 11 is 3.81. The molecule has 1 aliphatic heterocycles. The van der Waals surface area contributed by atoms with Crippen molar-refractivity contribution in [3.05, 3.63) is 40.2 Å². The minimum atomic E-state index is -1.32. The van der Waals surface area contributed by atoms with Gasteiger partial charge in [0.15, 0.2) is 5.82 Å². The number of rotatable bonds is 12. The number of thiol groups is 1. The molecule has 0 spiro atoms. The van der Waals surface area contributed by atoms with Gasteiger partial charge in [0.25, 0.3) is 11.5 Å². The molecule has 0 fully saturated rings. The highest BCUT2D eigenvalue weighted by Crippen LogP contribution is 2.20. The van der Waals surface area contributed by atoms with Crippen molar-refractivity contribution >= 4 is 59.6 Å². The van der Waals surface area contributed by atoms with Crippen molar-refractivity contribution in [2.24, 2.45) is 11.7 Å². The summed E-state index contributed by atoms with van der Waals surface area (Å²) in [7, 11) is 0. The Hall–Kier alpha value is -4.51. The summed E-state index contributed by atoms with van der Waals surface area (Å²) in [5.74, 6) is -4.00. The van der Waals surface area contributed by atoms with E-state index in [0.717, 1.165) is 0 Å². The van der Waals surface area contributed by atoms with Crippen LogP contribution in [-0.2, 0) is 14.4 Å². The normalized spacial score (nSPS) is 15.7. The number of H-pyrrole nitrogens is 1. The smallest absolute Gasteiger partial charge is 0.326 e. The SMILES string of the molecule is CC(C[C@H](NC(=O)c1ccc(NCC2CNc3nc(N)[nH]c(=O)c3N2)cc1)C(=O)O)C(=O)O.N[C@@H](CCS)C(=O)O. The molecule has 2 aromatic rings. The van der Waals surface area contributed by atoms with E-state index in [0.29, 0.717) is 42.5 Å². The third-order valence-corrected chi connectivity index (χ3v) is 6.13. The molecule has 224 valence electrons. The maximum Gasteiger partial charge on any atom is 0.326 e. The lowest BCUT2D eigenvalue weighted by molar-refractivity contribution is -0.143. The summed E-state index contributed by atoms with van der Waals surface area (Å²) in [5.41, 5.74) is 11.5. The molecule has 2 heterocycles. The van der Waals surface area contributed by atoms with E-state index in [1.54, 1.807) is 12.1 Å². The predicted molar refractivity (Wildman–Crippen MR) is 154 cm³/mol. The third-order valence-electron chi connectivity index (χ3n) is 5.87. The van der Waals surface area contributed by atoms with Crippen molar-refractivity contribution in [3.63, 3.8) is 0 Å². The molecule has 17 heteroatoms. The molecule has 4 atom stereocenters. The van der Waals surface area contributed by atoms with Crippen LogP contribution in [0.4, 0.5) is 23.1 Å². The zero-order valence-corrected chi connectivity index (χ0v) is 23.0. The highest BCUT2D eigenvalue weighted by Gasteiger charge is 2.26. The van der Waals surface area contributed by atoms with E-state index >= 15 is 0 Å². The Morgan fingerprint density at radius 2 is 1.78 bits per heavy atom. The molecule has 1 aromatic carbocycles. The van der Waals surface area contributed by atoms with Gasteiger partial charge in [-0.2, -0.15) is 17.6 Å². The molecule has 0 aliphatic carbocycles. The number of nitrogens with one attached hydrogen (secondary N) is 5. The number of carbonyl (C=O) groups is 4. The topological polar surface area (TPSA) is 275 Å². The van der Waals surface area contributed by atoms with Gasteiger partial charge in [-0.05, 0) is 42.9 Å². The lowest BCUT2D eigenvalue weighted by Crippen LogP contribution is -2.42. The van der Waals surface area contributed by atoms with Gasteiger partial charge >= 0.3 is 17.9 Å². The van der Waals surface area contributed by atoms with Crippen LogP contribution in [0.2, 0.25) is 0 Å². The summed E-state index contributed by atoms with van der Waals surface area (Å²) in [6.45, 7) is 2.33. The van der Waals surface area contributed by atoms with Crippen molar-refractivity contribution in [1.29, 1.82) is 0 Å². The van der Waals surface area contributed by atoms with Gasteiger partial charge in [-0.25, -0.2) is 4.79 Å². The highest BCUT2D eigenvalue weighted by molar-refractivity contribution is 7.80. The van der Waals surface area contributed by atoms with Crippen LogP contribution >= 0.6 is 12.6 Å². The first-order valence-electron chi connectivity index (χ1n) is 12.4. The number of nitrogen functional groups attached to an aromatic ring is 1. The monoisotopic (exact) mass is 594 g/mol. The summed E-state index contributed by atoms with van der Waals surface area (Å²) in [4.78, 5) is 63.1. The van der Waals surface area contributed by atoms with Crippen LogP contribution in [0.3, 0.4) is 0 Å². The number of aliphatic carboxylic acids is 3. The fourth-order valence-electron chi connectivity index (χ4n) is 3.51.